The number of amides is 1. The van der Waals surface area contributed by atoms with Crippen LogP contribution in [0.1, 0.15) is 37.0 Å². The maximum absolute atomic E-state index is 13.5. The highest BCUT2D eigenvalue weighted by Gasteiger charge is 2.28. The summed E-state index contributed by atoms with van der Waals surface area (Å²) in [7, 11) is -4.19. The Morgan fingerprint density at radius 1 is 1.33 bits per heavy atom. The summed E-state index contributed by atoms with van der Waals surface area (Å²) in [5, 5.41) is 4.96. The average Bonchev–Trinajstić information content (AvgIpc) is 2.40. The molecule has 1 heterocycles. The summed E-state index contributed by atoms with van der Waals surface area (Å²) >= 11 is 0. The van der Waals surface area contributed by atoms with Crippen molar-refractivity contribution in [2.24, 2.45) is 11.1 Å². The number of piperidine rings is 1. The van der Waals surface area contributed by atoms with Crippen LogP contribution in [-0.2, 0) is 10.0 Å². The monoisotopic (exact) mass is 314 g/mol. The molecule has 116 valence electrons. The highest BCUT2D eigenvalue weighted by atomic mass is 32.2. The maximum atomic E-state index is 13.5. The molecule has 1 fully saturated rings. The Hall–Kier alpha value is -1.47. The first kappa shape index (κ1) is 15.9. The molecule has 1 saturated heterocycles. The molecule has 1 aromatic carbocycles. The van der Waals surface area contributed by atoms with Gasteiger partial charge in [0.25, 0.3) is 5.91 Å². The number of nitrogens with two attached hydrogens (primary N) is 1. The molecule has 0 bridgehead atoms. The summed E-state index contributed by atoms with van der Waals surface area (Å²) in [6.07, 6.45) is 1.95. The zero-order chi connectivity index (χ0) is 15.8. The van der Waals surface area contributed by atoms with Gasteiger partial charge in [-0.1, -0.05) is 6.92 Å². The number of hydrogen-bond donors (Lipinski definition) is 1. The Morgan fingerprint density at radius 2 is 2.00 bits per heavy atom. The Balaban J connectivity index is 2.36. The fraction of sp³-hybridized carbons (Fsp3) is 0.500. The Morgan fingerprint density at radius 3 is 2.62 bits per heavy atom. The second-order valence-electron chi connectivity index (χ2n) is 5.68. The van der Waals surface area contributed by atoms with E-state index < -0.39 is 20.7 Å². The van der Waals surface area contributed by atoms with E-state index in [9.17, 15) is 17.6 Å². The molecule has 1 aliphatic rings. The lowest BCUT2D eigenvalue weighted by Crippen LogP contribution is -2.45. The lowest BCUT2D eigenvalue weighted by Gasteiger charge is -2.37. The van der Waals surface area contributed by atoms with Crippen molar-refractivity contribution in [3.05, 3.63) is 29.6 Å². The van der Waals surface area contributed by atoms with Crippen LogP contribution in [0.5, 0.6) is 0 Å². The number of carbonyl (C=O) groups excluding carboxylic acids is 1. The molecule has 1 aromatic rings. The SMILES string of the molecule is CC1CCC(C)N(C(=O)c2ccc(F)c(S(N)(=O)=O)c2)C1. The number of rotatable bonds is 2. The van der Waals surface area contributed by atoms with E-state index in [1.54, 1.807) is 4.90 Å². The summed E-state index contributed by atoms with van der Waals surface area (Å²) in [6, 6.07) is 3.35. The number of halogens is 1. The number of sulfonamides is 1. The first-order valence-corrected chi connectivity index (χ1v) is 8.38. The molecule has 0 radical (unpaired) electrons. The van der Waals surface area contributed by atoms with Crippen LogP contribution >= 0.6 is 0 Å². The van der Waals surface area contributed by atoms with Crippen LogP contribution < -0.4 is 5.14 Å². The summed E-state index contributed by atoms with van der Waals surface area (Å²) in [5.41, 5.74) is 0.140. The van der Waals surface area contributed by atoms with Crippen molar-refractivity contribution in [1.29, 1.82) is 0 Å². The molecule has 5 nitrogen and oxygen atoms in total. The zero-order valence-corrected chi connectivity index (χ0v) is 12.9. The van der Waals surface area contributed by atoms with Crippen LogP contribution in [0, 0.1) is 11.7 Å². The normalized spacial score (nSPS) is 23.1. The van der Waals surface area contributed by atoms with Crippen LogP contribution in [0.4, 0.5) is 4.39 Å². The zero-order valence-electron chi connectivity index (χ0n) is 12.0. The minimum atomic E-state index is -4.19. The smallest absolute Gasteiger partial charge is 0.254 e. The summed E-state index contributed by atoms with van der Waals surface area (Å²) in [6.45, 7) is 4.63. The van der Waals surface area contributed by atoms with Gasteiger partial charge in [0, 0.05) is 18.2 Å². The molecular weight excluding hydrogens is 295 g/mol. The molecule has 7 heteroatoms. The van der Waals surface area contributed by atoms with Crippen molar-refractivity contribution in [1.82, 2.24) is 4.90 Å². The van der Waals surface area contributed by atoms with Gasteiger partial charge in [-0.25, -0.2) is 17.9 Å². The Kier molecular flexibility index (Phi) is 4.34. The van der Waals surface area contributed by atoms with Crippen LogP contribution in [-0.4, -0.2) is 31.8 Å². The number of benzene rings is 1. The van der Waals surface area contributed by atoms with E-state index in [1.807, 2.05) is 6.92 Å². The van der Waals surface area contributed by atoms with E-state index in [0.29, 0.717) is 12.5 Å². The highest BCUT2D eigenvalue weighted by Crippen LogP contribution is 2.24. The number of nitrogens with zero attached hydrogens (tertiary/aromatic N) is 1. The Bertz CT molecular complexity index is 660. The van der Waals surface area contributed by atoms with Crippen molar-refractivity contribution in [2.75, 3.05) is 6.54 Å². The van der Waals surface area contributed by atoms with Crippen molar-refractivity contribution in [3.63, 3.8) is 0 Å². The third kappa shape index (κ3) is 3.41. The standard InChI is InChI=1S/C14H19FN2O3S/c1-9-3-4-10(2)17(8-9)14(18)11-5-6-12(15)13(7-11)21(16,19)20/h5-7,9-10H,3-4,8H2,1-2H3,(H2,16,19,20). The van der Waals surface area contributed by atoms with Gasteiger partial charge in [-0.15, -0.1) is 0 Å². The molecule has 0 aliphatic carbocycles. The van der Waals surface area contributed by atoms with Gasteiger partial charge in [0.05, 0.1) is 0 Å². The van der Waals surface area contributed by atoms with Gasteiger partial charge in [0.1, 0.15) is 10.7 Å². The van der Waals surface area contributed by atoms with E-state index in [0.717, 1.165) is 25.0 Å². The maximum Gasteiger partial charge on any atom is 0.254 e. The Labute approximate surface area is 124 Å². The third-order valence-electron chi connectivity index (χ3n) is 3.86. The van der Waals surface area contributed by atoms with E-state index in [-0.39, 0.29) is 17.5 Å². The number of primary sulfonamides is 1. The summed E-state index contributed by atoms with van der Waals surface area (Å²) in [4.78, 5) is 13.6. The van der Waals surface area contributed by atoms with Crippen molar-refractivity contribution in [3.8, 4) is 0 Å². The predicted octanol–water partition coefficient (Wildman–Crippen LogP) is 1.73. The molecule has 21 heavy (non-hydrogen) atoms. The molecule has 1 amide bonds. The van der Waals surface area contributed by atoms with Gasteiger partial charge < -0.3 is 4.90 Å². The highest BCUT2D eigenvalue weighted by molar-refractivity contribution is 7.89. The third-order valence-corrected chi connectivity index (χ3v) is 4.79. The van der Waals surface area contributed by atoms with Crippen molar-refractivity contribution in [2.45, 2.75) is 37.6 Å². The van der Waals surface area contributed by atoms with Crippen molar-refractivity contribution >= 4 is 15.9 Å². The van der Waals surface area contributed by atoms with Gasteiger partial charge in [-0.3, -0.25) is 4.79 Å². The molecule has 2 N–H and O–H groups in total. The van der Waals surface area contributed by atoms with Gasteiger partial charge in [-0.2, -0.15) is 0 Å². The topological polar surface area (TPSA) is 80.5 Å². The van der Waals surface area contributed by atoms with Crippen LogP contribution in [0.25, 0.3) is 0 Å². The lowest BCUT2D eigenvalue weighted by molar-refractivity contribution is 0.0573. The van der Waals surface area contributed by atoms with Crippen LogP contribution in [0.15, 0.2) is 23.1 Å². The fourth-order valence-corrected chi connectivity index (χ4v) is 3.22. The minimum Gasteiger partial charge on any atom is -0.336 e. The largest absolute Gasteiger partial charge is 0.336 e. The molecule has 0 spiro atoms. The van der Waals surface area contributed by atoms with Gasteiger partial charge in [0.15, 0.2) is 0 Å². The molecule has 2 atom stereocenters. The molecule has 2 rings (SSSR count). The van der Waals surface area contributed by atoms with Crippen LogP contribution in [0.3, 0.4) is 0 Å². The fourth-order valence-electron chi connectivity index (χ4n) is 2.59. The molecular formula is C14H19FN2O3S. The van der Waals surface area contributed by atoms with E-state index in [1.165, 1.54) is 6.07 Å². The minimum absolute atomic E-state index is 0.0803. The molecule has 1 aliphatic heterocycles. The lowest BCUT2D eigenvalue weighted by atomic mass is 9.94. The second kappa shape index (κ2) is 5.73. The first-order chi connectivity index (χ1) is 9.70. The molecule has 2 unspecified atom stereocenters. The van der Waals surface area contributed by atoms with Gasteiger partial charge >= 0.3 is 0 Å². The number of likely N-dealkylation sites (tertiary alicyclic amines) is 1. The molecule has 0 saturated carbocycles. The van der Waals surface area contributed by atoms with Gasteiger partial charge in [-0.05, 0) is 43.9 Å². The predicted molar refractivity (Wildman–Crippen MR) is 76.7 cm³/mol. The van der Waals surface area contributed by atoms with Crippen molar-refractivity contribution < 1.29 is 17.6 Å². The first-order valence-electron chi connectivity index (χ1n) is 6.83. The van der Waals surface area contributed by atoms with E-state index >= 15 is 0 Å². The number of hydrogen-bond acceptors (Lipinski definition) is 3. The molecule has 0 aromatic heterocycles. The summed E-state index contributed by atoms with van der Waals surface area (Å²) < 4.78 is 36.2. The average molecular weight is 314 g/mol. The van der Waals surface area contributed by atoms with E-state index in [4.69, 9.17) is 5.14 Å². The van der Waals surface area contributed by atoms with E-state index in [2.05, 4.69) is 6.92 Å². The van der Waals surface area contributed by atoms with Crippen LogP contribution in [0.2, 0.25) is 0 Å². The number of carbonyl (C=O) groups is 1. The quantitative estimate of drug-likeness (QED) is 0.902. The summed E-state index contributed by atoms with van der Waals surface area (Å²) in [5.74, 6) is -0.851. The van der Waals surface area contributed by atoms with Gasteiger partial charge in [0.2, 0.25) is 10.0 Å². The second-order valence-corrected chi connectivity index (χ2v) is 7.21.